The van der Waals surface area contributed by atoms with E-state index in [9.17, 15) is 5.11 Å². The Hall–Kier alpha value is -0.240. The van der Waals surface area contributed by atoms with Crippen LogP contribution in [0.4, 0.5) is 0 Å². The number of unbranched alkanes of at least 4 members (excludes halogenated alkanes) is 3. The molecule has 4 unspecified atom stereocenters. The molecule has 6 nitrogen and oxygen atoms in total. The summed E-state index contributed by atoms with van der Waals surface area (Å²) < 4.78 is 32.0. The fraction of sp³-hybridized carbons (Fsp3) is 1.00. The Balaban J connectivity index is 2.16. The van der Waals surface area contributed by atoms with E-state index in [4.69, 9.17) is 23.7 Å². The minimum absolute atomic E-state index is 0.178. The topological polar surface area (TPSA) is 66.4 Å². The van der Waals surface area contributed by atoms with E-state index in [1.807, 2.05) is 6.92 Å². The molecule has 1 saturated heterocycles. The minimum atomic E-state index is -0.574. The molecule has 0 bridgehead atoms. The average molecular weight is 487 g/mol. The van der Waals surface area contributed by atoms with Crippen LogP contribution in [0.1, 0.15) is 106 Å². The standard InChI is InChI=1S/C28H54O6/c1-8-11-16-30-24-20(4)33-27(26(32-18-13-10-3)25(24)31-17-12-9-2)34-23-15-14-21(19-22(23)29)28(5,6)7/h20-27,29H,8-19H2,1-7H3/t20?,21-,22?,23+,24-,25?,26?,27+/m1/s1. The Bertz CT molecular complexity index is 535. The average Bonchev–Trinajstić information content (AvgIpc) is 2.78. The zero-order chi connectivity index (χ0) is 25.1. The summed E-state index contributed by atoms with van der Waals surface area (Å²) in [4.78, 5) is 0. The lowest BCUT2D eigenvalue weighted by Crippen LogP contribution is -2.61. The van der Waals surface area contributed by atoms with Crippen molar-refractivity contribution >= 4 is 0 Å². The van der Waals surface area contributed by atoms with E-state index in [1.54, 1.807) is 0 Å². The highest BCUT2D eigenvalue weighted by Gasteiger charge is 2.49. The van der Waals surface area contributed by atoms with Gasteiger partial charge in [-0.1, -0.05) is 60.8 Å². The predicted molar refractivity (Wildman–Crippen MR) is 136 cm³/mol. The van der Waals surface area contributed by atoms with Crippen molar-refractivity contribution in [3.05, 3.63) is 0 Å². The third-order valence-electron chi connectivity index (χ3n) is 7.44. The molecule has 1 aliphatic heterocycles. The van der Waals surface area contributed by atoms with Crippen LogP contribution < -0.4 is 0 Å². The van der Waals surface area contributed by atoms with Crippen LogP contribution in [0, 0.1) is 11.3 Å². The smallest absolute Gasteiger partial charge is 0.187 e. The molecule has 1 aliphatic carbocycles. The van der Waals surface area contributed by atoms with Crippen molar-refractivity contribution in [2.24, 2.45) is 11.3 Å². The van der Waals surface area contributed by atoms with Gasteiger partial charge < -0.3 is 28.8 Å². The zero-order valence-electron chi connectivity index (χ0n) is 23.1. The summed E-state index contributed by atoms with van der Waals surface area (Å²) in [6.45, 7) is 17.3. The molecular weight excluding hydrogens is 432 g/mol. The third kappa shape index (κ3) is 9.01. The molecule has 1 N–H and O–H groups in total. The fourth-order valence-corrected chi connectivity index (χ4v) is 5.01. The summed E-state index contributed by atoms with van der Waals surface area (Å²) in [7, 11) is 0. The van der Waals surface area contributed by atoms with Gasteiger partial charge in [-0.05, 0) is 56.8 Å². The molecule has 2 aliphatic rings. The molecule has 1 heterocycles. The van der Waals surface area contributed by atoms with Crippen molar-refractivity contribution in [2.45, 2.75) is 149 Å². The largest absolute Gasteiger partial charge is 0.390 e. The molecule has 202 valence electrons. The molecule has 0 aromatic rings. The lowest BCUT2D eigenvalue weighted by molar-refractivity contribution is -0.331. The lowest BCUT2D eigenvalue weighted by Gasteiger charge is -2.47. The number of hydrogen-bond donors (Lipinski definition) is 1. The summed E-state index contributed by atoms with van der Waals surface area (Å²) in [6.07, 6.45) is 6.51. The minimum Gasteiger partial charge on any atom is -0.390 e. The second kappa shape index (κ2) is 15.1. The molecule has 6 heteroatoms. The van der Waals surface area contributed by atoms with Crippen molar-refractivity contribution in [3.8, 4) is 0 Å². The molecule has 8 atom stereocenters. The van der Waals surface area contributed by atoms with Gasteiger partial charge in [0.05, 0.1) is 18.3 Å². The molecule has 0 spiro atoms. The van der Waals surface area contributed by atoms with Crippen molar-refractivity contribution in [3.63, 3.8) is 0 Å². The number of ether oxygens (including phenoxy) is 5. The summed E-state index contributed by atoms with van der Waals surface area (Å²) >= 11 is 0. The first kappa shape index (κ1) is 30.0. The highest BCUT2D eigenvalue weighted by atomic mass is 16.7. The molecule has 0 radical (unpaired) electrons. The second-order valence-electron chi connectivity index (χ2n) is 11.4. The number of aliphatic hydroxyl groups excluding tert-OH is 1. The van der Waals surface area contributed by atoms with Crippen LogP contribution in [-0.2, 0) is 23.7 Å². The Kier molecular flexibility index (Phi) is 13.3. The van der Waals surface area contributed by atoms with Crippen LogP contribution in [0.15, 0.2) is 0 Å². The van der Waals surface area contributed by atoms with E-state index in [-0.39, 0.29) is 35.9 Å². The van der Waals surface area contributed by atoms with Crippen LogP contribution in [-0.4, -0.2) is 67.8 Å². The van der Waals surface area contributed by atoms with E-state index >= 15 is 0 Å². The summed E-state index contributed by atoms with van der Waals surface area (Å²) in [6, 6.07) is 0. The van der Waals surface area contributed by atoms with E-state index in [0.29, 0.717) is 25.7 Å². The summed E-state index contributed by atoms with van der Waals surface area (Å²) in [5.41, 5.74) is 0.189. The Morgan fingerprint density at radius 3 is 1.82 bits per heavy atom. The first-order valence-corrected chi connectivity index (χ1v) is 14.1. The molecular formula is C28H54O6. The van der Waals surface area contributed by atoms with E-state index in [1.165, 1.54) is 0 Å². The van der Waals surface area contributed by atoms with E-state index in [2.05, 4.69) is 41.5 Å². The van der Waals surface area contributed by atoms with Gasteiger partial charge in [-0.15, -0.1) is 0 Å². The van der Waals surface area contributed by atoms with Gasteiger partial charge in [0.1, 0.15) is 18.3 Å². The van der Waals surface area contributed by atoms with Crippen LogP contribution in [0.3, 0.4) is 0 Å². The maximum atomic E-state index is 11.0. The predicted octanol–water partition coefficient (Wildman–Crippen LogP) is 5.88. The normalized spacial score (nSPS) is 34.9. The molecule has 0 aromatic heterocycles. The lowest BCUT2D eigenvalue weighted by atomic mass is 9.71. The van der Waals surface area contributed by atoms with Gasteiger partial charge in [0.25, 0.3) is 0 Å². The zero-order valence-corrected chi connectivity index (χ0v) is 23.1. The third-order valence-corrected chi connectivity index (χ3v) is 7.44. The molecule has 0 aromatic carbocycles. The first-order valence-electron chi connectivity index (χ1n) is 14.1. The van der Waals surface area contributed by atoms with E-state index < -0.39 is 12.4 Å². The summed E-state index contributed by atoms with van der Waals surface area (Å²) in [5, 5.41) is 11.0. The number of rotatable bonds is 14. The molecule has 2 rings (SSSR count). The Labute approximate surface area is 209 Å². The molecule has 34 heavy (non-hydrogen) atoms. The van der Waals surface area contributed by atoms with Gasteiger partial charge in [0.2, 0.25) is 0 Å². The maximum absolute atomic E-state index is 11.0. The summed E-state index contributed by atoms with van der Waals surface area (Å²) in [5.74, 6) is 0.492. The van der Waals surface area contributed by atoms with Gasteiger partial charge in [0.15, 0.2) is 6.29 Å². The molecule has 1 saturated carbocycles. The van der Waals surface area contributed by atoms with Gasteiger partial charge in [-0.2, -0.15) is 0 Å². The highest BCUT2D eigenvalue weighted by Crippen LogP contribution is 2.40. The van der Waals surface area contributed by atoms with Crippen molar-refractivity contribution < 1.29 is 28.8 Å². The van der Waals surface area contributed by atoms with Crippen molar-refractivity contribution in [1.29, 1.82) is 0 Å². The van der Waals surface area contributed by atoms with Crippen LogP contribution >= 0.6 is 0 Å². The first-order chi connectivity index (χ1) is 16.2. The van der Waals surface area contributed by atoms with Gasteiger partial charge >= 0.3 is 0 Å². The van der Waals surface area contributed by atoms with Crippen LogP contribution in [0.2, 0.25) is 0 Å². The van der Waals surface area contributed by atoms with Gasteiger partial charge in [-0.3, -0.25) is 0 Å². The molecule has 2 fully saturated rings. The van der Waals surface area contributed by atoms with Gasteiger partial charge in [0, 0.05) is 19.8 Å². The Morgan fingerprint density at radius 1 is 0.794 bits per heavy atom. The Morgan fingerprint density at radius 2 is 1.32 bits per heavy atom. The van der Waals surface area contributed by atoms with Crippen molar-refractivity contribution in [1.82, 2.24) is 0 Å². The van der Waals surface area contributed by atoms with Crippen molar-refractivity contribution in [2.75, 3.05) is 19.8 Å². The fourth-order valence-electron chi connectivity index (χ4n) is 5.01. The van der Waals surface area contributed by atoms with E-state index in [0.717, 1.165) is 57.8 Å². The monoisotopic (exact) mass is 486 g/mol. The van der Waals surface area contributed by atoms with Gasteiger partial charge in [-0.25, -0.2) is 0 Å². The quantitative estimate of drug-likeness (QED) is 0.309. The number of hydrogen-bond acceptors (Lipinski definition) is 6. The molecule has 0 amide bonds. The number of aliphatic hydroxyl groups is 1. The van der Waals surface area contributed by atoms with Crippen LogP contribution in [0.5, 0.6) is 0 Å². The SMILES string of the molecule is CCCCOC1C(OCCCC)[C@H](OCCCC)C(C)O[C@H]1O[C@H]1CC[C@@H](C(C)(C)C)CC1O. The van der Waals surface area contributed by atoms with Crippen LogP contribution in [0.25, 0.3) is 0 Å². The maximum Gasteiger partial charge on any atom is 0.187 e. The highest BCUT2D eigenvalue weighted by molar-refractivity contribution is 4.93. The second-order valence-corrected chi connectivity index (χ2v) is 11.4.